The highest BCUT2D eigenvalue weighted by Crippen LogP contribution is 2.12. The molecule has 1 amide bonds. The number of primary amides is 1. The van der Waals surface area contributed by atoms with Crippen molar-refractivity contribution in [2.45, 2.75) is 19.3 Å². The number of rotatable bonds is 7. The van der Waals surface area contributed by atoms with Gasteiger partial charge in [0.2, 0.25) is 5.91 Å². The first kappa shape index (κ1) is 14.0. The van der Waals surface area contributed by atoms with Crippen molar-refractivity contribution in [3.8, 4) is 0 Å². The third kappa shape index (κ3) is 4.40. The predicted molar refractivity (Wildman–Crippen MR) is 67.1 cm³/mol. The maximum atomic E-state index is 11.4. The van der Waals surface area contributed by atoms with Crippen LogP contribution in [-0.4, -0.2) is 30.5 Å². The SMILES string of the molecule is COC(=O)c1cccnc1NCCCCC(N)=O. The average molecular weight is 251 g/mol. The fraction of sp³-hybridized carbons (Fsp3) is 0.417. The normalized spacial score (nSPS) is 9.83. The van der Waals surface area contributed by atoms with Crippen LogP contribution in [0, 0.1) is 0 Å². The molecule has 0 aromatic carbocycles. The third-order valence-electron chi connectivity index (χ3n) is 2.36. The summed E-state index contributed by atoms with van der Waals surface area (Å²) in [7, 11) is 1.33. The van der Waals surface area contributed by atoms with E-state index in [9.17, 15) is 9.59 Å². The number of unbranched alkanes of at least 4 members (excludes halogenated alkanes) is 1. The quantitative estimate of drug-likeness (QED) is 0.555. The van der Waals surface area contributed by atoms with Crippen LogP contribution in [0.2, 0.25) is 0 Å². The lowest BCUT2D eigenvalue weighted by Gasteiger charge is -2.08. The Morgan fingerprint density at radius 1 is 1.44 bits per heavy atom. The van der Waals surface area contributed by atoms with E-state index in [1.807, 2.05) is 0 Å². The van der Waals surface area contributed by atoms with Crippen LogP contribution >= 0.6 is 0 Å². The van der Waals surface area contributed by atoms with Crippen molar-refractivity contribution >= 4 is 17.7 Å². The van der Waals surface area contributed by atoms with Crippen LogP contribution in [0.1, 0.15) is 29.6 Å². The Morgan fingerprint density at radius 3 is 2.89 bits per heavy atom. The minimum absolute atomic E-state index is 0.303. The molecule has 1 rings (SSSR count). The zero-order valence-electron chi connectivity index (χ0n) is 10.3. The van der Waals surface area contributed by atoms with Gasteiger partial charge >= 0.3 is 5.97 Å². The second-order valence-corrected chi connectivity index (χ2v) is 3.74. The minimum Gasteiger partial charge on any atom is -0.465 e. The number of amides is 1. The van der Waals surface area contributed by atoms with Crippen LogP contribution in [0.5, 0.6) is 0 Å². The number of hydrogen-bond acceptors (Lipinski definition) is 5. The molecule has 6 heteroatoms. The Bertz CT molecular complexity index is 421. The van der Waals surface area contributed by atoms with Gasteiger partial charge in [-0.3, -0.25) is 4.79 Å². The summed E-state index contributed by atoms with van der Waals surface area (Å²) >= 11 is 0. The molecule has 0 radical (unpaired) electrons. The van der Waals surface area contributed by atoms with Crippen molar-refractivity contribution in [3.63, 3.8) is 0 Å². The first-order chi connectivity index (χ1) is 8.65. The molecule has 18 heavy (non-hydrogen) atoms. The third-order valence-corrected chi connectivity index (χ3v) is 2.36. The van der Waals surface area contributed by atoms with Gasteiger partial charge in [-0.15, -0.1) is 0 Å². The maximum absolute atomic E-state index is 11.4. The van der Waals surface area contributed by atoms with Gasteiger partial charge in [0.15, 0.2) is 0 Å². The van der Waals surface area contributed by atoms with E-state index in [0.717, 1.165) is 6.42 Å². The van der Waals surface area contributed by atoms with Crippen LogP contribution < -0.4 is 11.1 Å². The van der Waals surface area contributed by atoms with Crippen LogP contribution in [0.15, 0.2) is 18.3 Å². The molecule has 0 bridgehead atoms. The molecule has 98 valence electrons. The topological polar surface area (TPSA) is 94.3 Å². The van der Waals surface area contributed by atoms with Crippen molar-refractivity contribution in [2.24, 2.45) is 5.73 Å². The van der Waals surface area contributed by atoms with Gasteiger partial charge in [0, 0.05) is 19.2 Å². The zero-order chi connectivity index (χ0) is 13.4. The largest absolute Gasteiger partial charge is 0.465 e. The lowest BCUT2D eigenvalue weighted by atomic mass is 10.2. The first-order valence-corrected chi connectivity index (χ1v) is 5.70. The molecule has 0 saturated carbocycles. The maximum Gasteiger partial charge on any atom is 0.341 e. The standard InChI is InChI=1S/C12H17N3O3/c1-18-12(17)9-5-4-8-15-11(9)14-7-3-2-6-10(13)16/h4-5,8H,2-3,6-7H2,1H3,(H2,13,16)(H,14,15). The minimum atomic E-state index is -0.428. The molecular weight excluding hydrogens is 234 g/mol. The molecule has 0 spiro atoms. The number of nitrogens with one attached hydrogen (secondary N) is 1. The van der Waals surface area contributed by atoms with Crippen molar-refractivity contribution in [2.75, 3.05) is 19.0 Å². The average Bonchev–Trinajstić information content (AvgIpc) is 2.37. The first-order valence-electron chi connectivity index (χ1n) is 5.70. The molecule has 1 aromatic heterocycles. The summed E-state index contributed by atoms with van der Waals surface area (Å²) in [6, 6.07) is 3.31. The Kier molecular flexibility index (Phi) is 5.63. The molecule has 0 saturated heterocycles. The Hall–Kier alpha value is -2.11. The van der Waals surface area contributed by atoms with E-state index in [0.29, 0.717) is 30.8 Å². The predicted octanol–water partition coefficient (Wildman–Crippen LogP) is 0.936. The fourth-order valence-corrected chi connectivity index (χ4v) is 1.45. The second-order valence-electron chi connectivity index (χ2n) is 3.74. The smallest absolute Gasteiger partial charge is 0.341 e. The molecule has 3 N–H and O–H groups in total. The number of hydrogen-bond donors (Lipinski definition) is 2. The van der Waals surface area contributed by atoms with E-state index in [1.165, 1.54) is 7.11 Å². The molecule has 0 aliphatic carbocycles. The summed E-state index contributed by atoms with van der Waals surface area (Å²) in [5.74, 6) is -0.241. The highest BCUT2D eigenvalue weighted by molar-refractivity contribution is 5.94. The van der Waals surface area contributed by atoms with E-state index < -0.39 is 5.97 Å². The van der Waals surface area contributed by atoms with E-state index >= 15 is 0 Å². The lowest BCUT2D eigenvalue weighted by molar-refractivity contribution is -0.118. The highest BCUT2D eigenvalue weighted by Gasteiger charge is 2.11. The number of carbonyl (C=O) groups excluding carboxylic acids is 2. The zero-order valence-corrected chi connectivity index (χ0v) is 10.3. The van der Waals surface area contributed by atoms with E-state index in [1.54, 1.807) is 18.3 Å². The monoisotopic (exact) mass is 251 g/mol. The van der Waals surface area contributed by atoms with Crippen LogP contribution in [-0.2, 0) is 9.53 Å². The van der Waals surface area contributed by atoms with Gasteiger partial charge < -0.3 is 15.8 Å². The highest BCUT2D eigenvalue weighted by atomic mass is 16.5. The van der Waals surface area contributed by atoms with Crippen molar-refractivity contribution in [1.29, 1.82) is 0 Å². The van der Waals surface area contributed by atoms with Gasteiger partial charge in [-0.1, -0.05) is 0 Å². The molecule has 0 unspecified atom stereocenters. The van der Waals surface area contributed by atoms with Crippen molar-refractivity contribution in [3.05, 3.63) is 23.9 Å². The molecule has 1 aromatic rings. The van der Waals surface area contributed by atoms with Crippen molar-refractivity contribution < 1.29 is 14.3 Å². The van der Waals surface area contributed by atoms with Gasteiger partial charge in [-0.05, 0) is 25.0 Å². The van der Waals surface area contributed by atoms with Gasteiger partial charge in [-0.2, -0.15) is 0 Å². The Morgan fingerprint density at radius 2 is 2.22 bits per heavy atom. The lowest BCUT2D eigenvalue weighted by Crippen LogP contribution is -2.13. The molecule has 0 aliphatic heterocycles. The van der Waals surface area contributed by atoms with Crippen LogP contribution in [0.25, 0.3) is 0 Å². The molecule has 1 heterocycles. The van der Waals surface area contributed by atoms with Gasteiger partial charge in [0.1, 0.15) is 11.4 Å². The fourth-order valence-electron chi connectivity index (χ4n) is 1.45. The molecule has 0 atom stereocenters. The van der Waals surface area contributed by atoms with Gasteiger partial charge in [0.05, 0.1) is 7.11 Å². The molecule has 0 fully saturated rings. The van der Waals surface area contributed by atoms with Gasteiger partial charge in [0.25, 0.3) is 0 Å². The molecule has 6 nitrogen and oxygen atoms in total. The van der Waals surface area contributed by atoms with E-state index in [2.05, 4.69) is 15.0 Å². The number of methoxy groups -OCH3 is 1. The molecular formula is C12H17N3O3. The number of nitrogens with zero attached hydrogens (tertiary/aromatic N) is 1. The number of ether oxygens (including phenoxy) is 1. The van der Waals surface area contributed by atoms with E-state index in [-0.39, 0.29) is 5.91 Å². The number of aromatic nitrogens is 1. The number of carbonyl (C=O) groups is 2. The number of esters is 1. The summed E-state index contributed by atoms with van der Waals surface area (Å²) < 4.78 is 4.66. The Balaban J connectivity index is 2.46. The Labute approximate surface area is 106 Å². The number of nitrogens with two attached hydrogens (primary N) is 1. The summed E-state index contributed by atoms with van der Waals surface area (Å²) in [6.45, 7) is 0.619. The summed E-state index contributed by atoms with van der Waals surface area (Å²) in [5.41, 5.74) is 5.43. The second kappa shape index (κ2) is 7.26. The van der Waals surface area contributed by atoms with Crippen LogP contribution in [0.3, 0.4) is 0 Å². The molecule has 0 aliphatic rings. The summed E-state index contributed by atoms with van der Waals surface area (Å²) in [4.78, 5) is 26.1. The van der Waals surface area contributed by atoms with Crippen LogP contribution in [0.4, 0.5) is 5.82 Å². The number of pyridine rings is 1. The van der Waals surface area contributed by atoms with Crippen molar-refractivity contribution in [1.82, 2.24) is 4.98 Å². The van der Waals surface area contributed by atoms with Gasteiger partial charge in [-0.25, -0.2) is 9.78 Å². The van der Waals surface area contributed by atoms with E-state index in [4.69, 9.17) is 5.73 Å². The summed E-state index contributed by atoms with van der Waals surface area (Å²) in [6.07, 6.45) is 3.45. The number of anilines is 1. The summed E-state index contributed by atoms with van der Waals surface area (Å²) in [5, 5.41) is 3.04.